The summed E-state index contributed by atoms with van der Waals surface area (Å²) in [5, 5.41) is 10.2. The highest BCUT2D eigenvalue weighted by atomic mass is 16.6. The molecule has 0 spiro atoms. The van der Waals surface area contributed by atoms with Crippen molar-refractivity contribution >= 4 is 11.7 Å². The molecule has 1 aromatic rings. The summed E-state index contributed by atoms with van der Waals surface area (Å²) in [5.74, 6) is -0.146. The second-order valence-electron chi connectivity index (χ2n) is 2.34. The Labute approximate surface area is 102 Å². The molecule has 5 nitrogen and oxygen atoms in total. The average Bonchev–Trinajstić information content (AvgIpc) is 2.34. The first-order valence-corrected chi connectivity index (χ1v) is 5.52. The summed E-state index contributed by atoms with van der Waals surface area (Å²) in [5.41, 5.74) is -0.0316. The predicted molar refractivity (Wildman–Crippen MR) is 67.1 cm³/mol. The van der Waals surface area contributed by atoms with Gasteiger partial charge >= 0.3 is 5.97 Å². The molecule has 0 N–H and O–H groups in total. The highest BCUT2D eigenvalue weighted by molar-refractivity contribution is 5.69. The smallest absolute Gasteiger partial charge is 0.308 e. The molecule has 0 aliphatic heterocycles. The van der Waals surface area contributed by atoms with Crippen LogP contribution in [-0.4, -0.2) is 10.9 Å². The van der Waals surface area contributed by atoms with Crippen molar-refractivity contribution in [2.75, 3.05) is 0 Å². The SMILES string of the molecule is CC.CC.CC(=O)Oc1ccc([N+](=O)[O-])cc1. The molecule has 0 heterocycles. The maximum absolute atomic E-state index is 10.5. The monoisotopic (exact) mass is 241 g/mol. The second kappa shape index (κ2) is 10.6. The first kappa shape index (κ1) is 17.5. The van der Waals surface area contributed by atoms with Crippen LogP contribution >= 0.6 is 0 Å². The topological polar surface area (TPSA) is 69.4 Å². The minimum Gasteiger partial charge on any atom is -0.427 e. The van der Waals surface area contributed by atoms with E-state index in [-0.39, 0.29) is 5.69 Å². The molecular weight excluding hydrogens is 222 g/mol. The fraction of sp³-hybridized carbons (Fsp3) is 0.417. The fourth-order valence-electron chi connectivity index (χ4n) is 0.802. The van der Waals surface area contributed by atoms with Crippen molar-refractivity contribution in [2.45, 2.75) is 34.6 Å². The number of carbonyl (C=O) groups excluding carboxylic acids is 1. The van der Waals surface area contributed by atoms with Crippen LogP contribution in [0.5, 0.6) is 5.75 Å². The lowest BCUT2D eigenvalue weighted by Gasteiger charge is -1.98. The zero-order valence-corrected chi connectivity index (χ0v) is 10.9. The van der Waals surface area contributed by atoms with Gasteiger partial charge in [0.05, 0.1) is 4.92 Å². The van der Waals surface area contributed by atoms with Gasteiger partial charge in [0.15, 0.2) is 0 Å². The molecule has 0 atom stereocenters. The molecule has 96 valence electrons. The summed E-state index contributed by atoms with van der Waals surface area (Å²) >= 11 is 0. The Kier molecular flexibility index (Phi) is 10.9. The van der Waals surface area contributed by atoms with Gasteiger partial charge in [-0.2, -0.15) is 0 Å². The molecule has 1 rings (SSSR count). The summed E-state index contributed by atoms with van der Waals surface area (Å²) in [6.45, 7) is 9.27. The largest absolute Gasteiger partial charge is 0.427 e. The number of nitro benzene ring substituents is 1. The molecule has 0 saturated heterocycles. The molecule has 0 aliphatic carbocycles. The number of ether oxygens (including phenoxy) is 1. The van der Waals surface area contributed by atoms with Crippen molar-refractivity contribution < 1.29 is 14.5 Å². The van der Waals surface area contributed by atoms with Gasteiger partial charge in [-0.3, -0.25) is 14.9 Å². The molecule has 0 aliphatic rings. The average molecular weight is 241 g/mol. The van der Waals surface area contributed by atoms with Crippen LogP contribution < -0.4 is 4.74 Å². The van der Waals surface area contributed by atoms with Gasteiger partial charge in [0.1, 0.15) is 5.75 Å². The van der Waals surface area contributed by atoms with E-state index in [1.54, 1.807) is 0 Å². The van der Waals surface area contributed by atoms with Crippen LogP contribution in [0.15, 0.2) is 24.3 Å². The number of nitrogens with zero attached hydrogens (tertiary/aromatic N) is 1. The molecule has 0 unspecified atom stereocenters. The van der Waals surface area contributed by atoms with Crippen LogP contribution in [-0.2, 0) is 4.79 Å². The van der Waals surface area contributed by atoms with Crippen molar-refractivity contribution in [3.8, 4) is 5.75 Å². The van der Waals surface area contributed by atoms with Crippen LogP contribution in [0.3, 0.4) is 0 Å². The van der Waals surface area contributed by atoms with Crippen molar-refractivity contribution in [3.05, 3.63) is 34.4 Å². The Morgan fingerprint density at radius 3 is 1.82 bits per heavy atom. The normalized spacial score (nSPS) is 7.82. The fourth-order valence-corrected chi connectivity index (χ4v) is 0.802. The minimum absolute atomic E-state index is 0.0316. The summed E-state index contributed by atoms with van der Waals surface area (Å²) in [6, 6.07) is 5.30. The highest BCUT2D eigenvalue weighted by Gasteiger charge is 2.04. The third-order valence-corrected chi connectivity index (χ3v) is 1.31. The maximum Gasteiger partial charge on any atom is 0.308 e. The Balaban J connectivity index is 0. The van der Waals surface area contributed by atoms with Gasteiger partial charge < -0.3 is 4.74 Å². The Morgan fingerprint density at radius 2 is 1.53 bits per heavy atom. The van der Waals surface area contributed by atoms with Gasteiger partial charge in [-0.15, -0.1) is 0 Å². The van der Waals surface area contributed by atoms with Crippen LogP contribution in [0.25, 0.3) is 0 Å². The lowest BCUT2D eigenvalue weighted by Crippen LogP contribution is -2.01. The van der Waals surface area contributed by atoms with E-state index in [4.69, 9.17) is 0 Å². The number of esters is 1. The zero-order valence-electron chi connectivity index (χ0n) is 10.9. The van der Waals surface area contributed by atoms with E-state index in [1.807, 2.05) is 27.7 Å². The number of hydrogen-bond acceptors (Lipinski definition) is 4. The molecule has 17 heavy (non-hydrogen) atoms. The second-order valence-corrected chi connectivity index (χ2v) is 2.34. The molecule has 0 radical (unpaired) electrons. The van der Waals surface area contributed by atoms with E-state index < -0.39 is 10.9 Å². The number of hydrogen-bond donors (Lipinski definition) is 0. The first-order valence-electron chi connectivity index (χ1n) is 5.52. The van der Waals surface area contributed by atoms with Crippen molar-refractivity contribution in [3.63, 3.8) is 0 Å². The van der Waals surface area contributed by atoms with E-state index in [0.29, 0.717) is 5.75 Å². The van der Waals surface area contributed by atoms with Gasteiger partial charge in [0, 0.05) is 19.1 Å². The van der Waals surface area contributed by atoms with Crippen molar-refractivity contribution in [1.29, 1.82) is 0 Å². The summed E-state index contributed by atoms with van der Waals surface area (Å²) in [7, 11) is 0. The van der Waals surface area contributed by atoms with Crippen molar-refractivity contribution in [1.82, 2.24) is 0 Å². The van der Waals surface area contributed by atoms with Crippen LogP contribution in [0, 0.1) is 10.1 Å². The van der Waals surface area contributed by atoms with E-state index in [9.17, 15) is 14.9 Å². The lowest BCUT2D eigenvalue weighted by atomic mass is 10.3. The molecule has 5 heteroatoms. The Hall–Kier alpha value is -1.91. The number of rotatable bonds is 2. The predicted octanol–water partition coefficient (Wildman–Crippen LogP) is 3.57. The van der Waals surface area contributed by atoms with Gasteiger partial charge in [0.2, 0.25) is 0 Å². The number of carbonyl (C=O) groups is 1. The summed E-state index contributed by atoms with van der Waals surface area (Å²) in [6.07, 6.45) is 0. The molecular formula is C12H19NO4. The minimum atomic E-state index is -0.516. The molecule has 0 saturated carbocycles. The van der Waals surface area contributed by atoms with Crippen LogP contribution in [0.2, 0.25) is 0 Å². The molecule has 0 fully saturated rings. The molecule has 0 bridgehead atoms. The van der Waals surface area contributed by atoms with E-state index in [2.05, 4.69) is 4.74 Å². The standard InChI is InChI=1S/C8H7NO4.2C2H6/c1-6(10)13-8-4-2-7(3-5-8)9(11)12;2*1-2/h2-5H,1H3;2*1-2H3. The van der Waals surface area contributed by atoms with E-state index in [0.717, 1.165) is 0 Å². The van der Waals surface area contributed by atoms with Crippen molar-refractivity contribution in [2.24, 2.45) is 0 Å². The van der Waals surface area contributed by atoms with Crippen LogP contribution in [0.1, 0.15) is 34.6 Å². The first-order chi connectivity index (χ1) is 8.09. The molecule has 0 aromatic heterocycles. The van der Waals surface area contributed by atoms with Crippen LogP contribution in [0.4, 0.5) is 5.69 Å². The number of non-ortho nitro benzene ring substituents is 1. The molecule has 0 amide bonds. The van der Waals surface area contributed by atoms with Gasteiger partial charge in [-0.05, 0) is 12.1 Å². The quantitative estimate of drug-likeness (QED) is 0.343. The summed E-state index contributed by atoms with van der Waals surface area (Å²) in [4.78, 5) is 20.2. The van der Waals surface area contributed by atoms with Gasteiger partial charge in [0.25, 0.3) is 5.69 Å². The Morgan fingerprint density at radius 1 is 1.12 bits per heavy atom. The summed E-state index contributed by atoms with van der Waals surface area (Å²) < 4.78 is 4.69. The highest BCUT2D eigenvalue weighted by Crippen LogP contribution is 2.17. The van der Waals surface area contributed by atoms with Gasteiger partial charge in [-0.25, -0.2) is 0 Å². The zero-order chi connectivity index (χ0) is 13.8. The number of benzene rings is 1. The van der Waals surface area contributed by atoms with E-state index >= 15 is 0 Å². The maximum atomic E-state index is 10.5. The van der Waals surface area contributed by atoms with E-state index in [1.165, 1.54) is 31.2 Å². The Bertz CT molecular complexity index is 333. The van der Waals surface area contributed by atoms with Gasteiger partial charge in [-0.1, -0.05) is 27.7 Å². The molecule has 1 aromatic carbocycles. The number of nitro groups is 1. The third kappa shape index (κ3) is 7.96. The third-order valence-electron chi connectivity index (χ3n) is 1.31. The lowest BCUT2D eigenvalue weighted by molar-refractivity contribution is -0.384.